The molecule has 0 bridgehead atoms. The minimum absolute atomic E-state index is 0.398. The Labute approximate surface area is 63.4 Å². The second kappa shape index (κ2) is 3.38. The van der Waals surface area contributed by atoms with Gasteiger partial charge in [-0.3, -0.25) is 0 Å². The highest BCUT2D eigenvalue weighted by Gasteiger charge is 2.22. The largest absolute Gasteiger partial charge is 0.396 e. The Morgan fingerprint density at radius 2 is 1.60 bits per heavy atom. The molecule has 0 spiro atoms. The molecule has 1 aliphatic carbocycles. The summed E-state index contributed by atoms with van der Waals surface area (Å²) in [6.07, 6.45) is 3.83. The fraction of sp³-hybridized carbons (Fsp3) is 1.00. The van der Waals surface area contributed by atoms with E-state index in [4.69, 9.17) is 5.11 Å². The Kier molecular flexibility index (Phi) is 2.72. The van der Waals surface area contributed by atoms with E-state index in [1.54, 1.807) is 0 Å². The molecule has 0 saturated heterocycles. The third kappa shape index (κ3) is 1.98. The molecule has 1 nitrogen and oxygen atoms in total. The van der Waals surface area contributed by atoms with Crippen LogP contribution in [0.1, 0.15) is 33.1 Å². The lowest BCUT2D eigenvalue weighted by Gasteiger charge is -2.29. The molecule has 10 heavy (non-hydrogen) atoms. The van der Waals surface area contributed by atoms with Crippen molar-refractivity contribution in [3.63, 3.8) is 0 Å². The van der Waals surface area contributed by atoms with Gasteiger partial charge >= 0.3 is 0 Å². The van der Waals surface area contributed by atoms with Crippen molar-refractivity contribution >= 4 is 0 Å². The number of rotatable bonds is 1. The van der Waals surface area contributed by atoms with Crippen molar-refractivity contribution in [2.24, 2.45) is 17.8 Å². The Bertz CT molecular complexity index is 90.9. The summed E-state index contributed by atoms with van der Waals surface area (Å²) in [6.45, 7) is 4.98. The summed E-state index contributed by atoms with van der Waals surface area (Å²) in [5, 5.41) is 8.93. The van der Waals surface area contributed by atoms with Gasteiger partial charge in [-0.05, 0) is 37.0 Å². The van der Waals surface area contributed by atoms with Crippen LogP contribution >= 0.6 is 0 Å². The number of hydrogen-bond acceptors (Lipinski definition) is 1. The number of hydrogen-bond donors (Lipinski definition) is 1. The third-order valence-corrected chi connectivity index (χ3v) is 2.53. The van der Waals surface area contributed by atoms with Crippen molar-refractivity contribution in [1.29, 1.82) is 0 Å². The zero-order chi connectivity index (χ0) is 7.56. The lowest BCUT2D eigenvalue weighted by molar-refractivity contribution is 0.138. The molecule has 1 aliphatic rings. The lowest BCUT2D eigenvalue weighted by atomic mass is 9.77. The molecule has 60 valence electrons. The lowest BCUT2D eigenvalue weighted by Crippen LogP contribution is -2.21. The van der Waals surface area contributed by atoms with Crippen LogP contribution in [0.25, 0.3) is 0 Å². The van der Waals surface area contributed by atoms with E-state index in [1.807, 2.05) is 0 Å². The van der Waals surface area contributed by atoms with E-state index in [0.29, 0.717) is 12.5 Å². The van der Waals surface area contributed by atoms with E-state index in [0.717, 1.165) is 11.8 Å². The van der Waals surface area contributed by atoms with Gasteiger partial charge < -0.3 is 5.11 Å². The van der Waals surface area contributed by atoms with Gasteiger partial charge in [0.2, 0.25) is 0 Å². The van der Waals surface area contributed by atoms with E-state index < -0.39 is 0 Å². The topological polar surface area (TPSA) is 20.2 Å². The predicted octanol–water partition coefficient (Wildman–Crippen LogP) is 2.05. The van der Waals surface area contributed by atoms with Crippen LogP contribution < -0.4 is 0 Å². The first-order chi connectivity index (χ1) is 4.72. The van der Waals surface area contributed by atoms with Gasteiger partial charge in [0.05, 0.1) is 0 Å². The van der Waals surface area contributed by atoms with E-state index in [2.05, 4.69) is 13.8 Å². The smallest absolute Gasteiger partial charge is 0.0459 e. The minimum atomic E-state index is 0.398. The molecule has 0 aromatic rings. The molecule has 1 saturated carbocycles. The van der Waals surface area contributed by atoms with Crippen LogP contribution in [0, 0.1) is 17.8 Å². The number of aliphatic hydroxyl groups excluding tert-OH is 1. The summed E-state index contributed by atoms with van der Waals surface area (Å²) in [5.74, 6) is 2.26. The highest BCUT2D eigenvalue weighted by molar-refractivity contribution is 4.73. The molecule has 0 heterocycles. The van der Waals surface area contributed by atoms with Crippen molar-refractivity contribution in [3.8, 4) is 0 Å². The van der Waals surface area contributed by atoms with Crippen LogP contribution in [0.5, 0.6) is 0 Å². The average Bonchev–Trinajstić information content (AvgIpc) is 1.85. The third-order valence-electron chi connectivity index (χ3n) is 2.53. The number of aliphatic hydroxyl groups is 1. The molecular formula is C9H18O. The SMILES string of the molecule is CC1CC(CO)C[C@@H](C)C1. The summed E-state index contributed by atoms with van der Waals surface area (Å²) >= 11 is 0. The second-order valence-corrected chi connectivity index (χ2v) is 3.97. The maximum atomic E-state index is 8.93. The fourth-order valence-electron chi connectivity index (χ4n) is 2.26. The molecule has 0 aromatic heterocycles. The van der Waals surface area contributed by atoms with Gasteiger partial charge in [0.1, 0.15) is 0 Å². The molecule has 1 rings (SSSR count). The van der Waals surface area contributed by atoms with Gasteiger partial charge in [-0.25, -0.2) is 0 Å². The zero-order valence-electron chi connectivity index (χ0n) is 7.01. The average molecular weight is 142 g/mol. The molecule has 2 unspecified atom stereocenters. The Balaban J connectivity index is 2.35. The van der Waals surface area contributed by atoms with E-state index >= 15 is 0 Å². The molecule has 1 N–H and O–H groups in total. The summed E-state index contributed by atoms with van der Waals surface area (Å²) in [4.78, 5) is 0. The first kappa shape index (κ1) is 8.06. The van der Waals surface area contributed by atoms with Crippen LogP contribution in [0.3, 0.4) is 0 Å². The first-order valence-electron chi connectivity index (χ1n) is 4.33. The zero-order valence-corrected chi connectivity index (χ0v) is 7.01. The summed E-state index contributed by atoms with van der Waals surface area (Å²) in [6, 6.07) is 0. The van der Waals surface area contributed by atoms with Gasteiger partial charge in [-0.1, -0.05) is 13.8 Å². The summed E-state index contributed by atoms with van der Waals surface area (Å²) in [5.41, 5.74) is 0. The molecule has 1 fully saturated rings. The fourth-order valence-corrected chi connectivity index (χ4v) is 2.26. The Hall–Kier alpha value is -0.0400. The van der Waals surface area contributed by atoms with Gasteiger partial charge in [-0.15, -0.1) is 0 Å². The highest BCUT2D eigenvalue weighted by atomic mass is 16.3. The van der Waals surface area contributed by atoms with Crippen molar-refractivity contribution in [2.45, 2.75) is 33.1 Å². The van der Waals surface area contributed by atoms with Gasteiger partial charge in [0.25, 0.3) is 0 Å². The normalized spacial score (nSPS) is 41.7. The minimum Gasteiger partial charge on any atom is -0.396 e. The van der Waals surface area contributed by atoms with Gasteiger partial charge in [0.15, 0.2) is 0 Å². The first-order valence-corrected chi connectivity index (χ1v) is 4.33. The predicted molar refractivity (Wildman–Crippen MR) is 42.8 cm³/mol. The molecule has 0 amide bonds. The summed E-state index contributed by atoms with van der Waals surface area (Å²) < 4.78 is 0. The van der Waals surface area contributed by atoms with Crippen molar-refractivity contribution in [1.82, 2.24) is 0 Å². The standard InChI is InChI=1S/C9H18O/c1-7-3-8(2)5-9(4-7)6-10/h7-10H,3-6H2,1-2H3/t7-,8?,9?/m0/s1. The monoisotopic (exact) mass is 142 g/mol. The van der Waals surface area contributed by atoms with Crippen molar-refractivity contribution in [2.75, 3.05) is 6.61 Å². The van der Waals surface area contributed by atoms with Crippen LogP contribution in [-0.2, 0) is 0 Å². The van der Waals surface area contributed by atoms with Gasteiger partial charge in [0, 0.05) is 6.61 Å². The van der Waals surface area contributed by atoms with Crippen LogP contribution in [-0.4, -0.2) is 11.7 Å². The molecular weight excluding hydrogens is 124 g/mol. The Morgan fingerprint density at radius 1 is 1.10 bits per heavy atom. The van der Waals surface area contributed by atoms with Crippen LogP contribution in [0.4, 0.5) is 0 Å². The molecule has 1 heteroatoms. The molecule has 0 aliphatic heterocycles. The van der Waals surface area contributed by atoms with Crippen LogP contribution in [0.2, 0.25) is 0 Å². The summed E-state index contributed by atoms with van der Waals surface area (Å²) in [7, 11) is 0. The highest BCUT2D eigenvalue weighted by Crippen LogP contribution is 2.32. The van der Waals surface area contributed by atoms with Crippen molar-refractivity contribution < 1.29 is 5.11 Å². The molecule has 0 aromatic carbocycles. The van der Waals surface area contributed by atoms with E-state index in [9.17, 15) is 0 Å². The van der Waals surface area contributed by atoms with E-state index in [1.165, 1.54) is 19.3 Å². The molecule has 3 atom stereocenters. The second-order valence-electron chi connectivity index (χ2n) is 3.97. The van der Waals surface area contributed by atoms with Gasteiger partial charge in [-0.2, -0.15) is 0 Å². The quantitative estimate of drug-likeness (QED) is 0.594. The molecule has 0 radical (unpaired) electrons. The van der Waals surface area contributed by atoms with Crippen LogP contribution in [0.15, 0.2) is 0 Å². The Morgan fingerprint density at radius 3 is 2.00 bits per heavy atom. The maximum Gasteiger partial charge on any atom is 0.0459 e. The van der Waals surface area contributed by atoms with Crippen molar-refractivity contribution in [3.05, 3.63) is 0 Å². The van der Waals surface area contributed by atoms with E-state index in [-0.39, 0.29) is 0 Å². The maximum absolute atomic E-state index is 8.93.